The average Bonchev–Trinajstić information content (AvgIpc) is 2.35. The van der Waals surface area contributed by atoms with Crippen molar-refractivity contribution >= 4 is 34.9 Å². The lowest BCUT2D eigenvalue weighted by atomic mass is 10.1. The van der Waals surface area contributed by atoms with Crippen molar-refractivity contribution in [1.82, 2.24) is 5.32 Å². The van der Waals surface area contributed by atoms with Gasteiger partial charge in [-0.3, -0.25) is 0 Å². The molecule has 1 aromatic carbocycles. The first kappa shape index (κ1) is 17.9. The van der Waals surface area contributed by atoms with Gasteiger partial charge in [-0.25, -0.2) is 4.79 Å². The third-order valence-electron chi connectivity index (χ3n) is 2.81. The van der Waals surface area contributed by atoms with E-state index in [1.165, 1.54) is 7.11 Å². The van der Waals surface area contributed by atoms with Gasteiger partial charge in [-0.15, -0.1) is 0 Å². The third-order valence-corrected chi connectivity index (χ3v) is 3.38. The van der Waals surface area contributed by atoms with Crippen LogP contribution in [0.25, 0.3) is 0 Å². The number of aliphatic hydroxyl groups is 1. The maximum absolute atomic E-state index is 11.8. The fourth-order valence-electron chi connectivity index (χ4n) is 1.93. The summed E-state index contributed by atoms with van der Waals surface area (Å²) in [6, 6.07) is 2.76. The van der Waals surface area contributed by atoms with Crippen LogP contribution in [0.2, 0.25) is 10.0 Å². The molecule has 0 spiro atoms. The van der Waals surface area contributed by atoms with E-state index in [0.717, 1.165) is 0 Å². The van der Waals surface area contributed by atoms with Crippen LogP contribution in [0.5, 0.6) is 5.75 Å². The topological polar surface area (TPSA) is 70.6 Å². The molecule has 0 aromatic heterocycles. The number of hydrogen-bond donors (Lipinski definition) is 3. The minimum Gasteiger partial charge on any atom is -0.494 e. The smallest absolute Gasteiger partial charge is 0.319 e. The van der Waals surface area contributed by atoms with E-state index in [4.69, 9.17) is 27.9 Å². The largest absolute Gasteiger partial charge is 0.494 e. The number of aliphatic hydroxyl groups excluding tert-OH is 1. The molecule has 118 valence electrons. The van der Waals surface area contributed by atoms with Crippen molar-refractivity contribution in [2.45, 2.75) is 26.4 Å². The Kier molecular flexibility index (Phi) is 7.08. The fourth-order valence-corrected chi connectivity index (χ4v) is 2.58. The van der Waals surface area contributed by atoms with E-state index < -0.39 is 0 Å². The molecule has 0 saturated carbocycles. The molecule has 5 nitrogen and oxygen atoms in total. The molecule has 0 saturated heterocycles. The van der Waals surface area contributed by atoms with Crippen molar-refractivity contribution in [2.24, 2.45) is 5.92 Å². The molecule has 0 heterocycles. The highest BCUT2D eigenvalue weighted by Gasteiger charge is 2.11. The first-order chi connectivity index (χ1) is 9.83. The van der Waals surface area contributed by atoms with Gasteiger partial charge in [0.05, 0.1) is 23.3 Å². The number of benzene rings is 1. The summed E-state index contributed by atoms with van der Waals surface area (Å²) in [5.74, 6) is 0.550. The van der Waals surface area contributed by atoms with Gasteiger partial charge < -0.3 is 20.5 Å². The number of ether oxygens (including phenoxy) is 1. The van der Waals surface area contributed by atoms with E-state index in [2.05, 4.69) is 10.6 Å². The van der Waals surface area contributed by atoms with Gasteiger partial charge in [0.1, 0.15) is 0 Å². The van der Waals surface area contributed by atoms with Crippen LogP contribution in [0.15, 0.2) is 12.1 Å². The maximum Gasteiger partial charge on any atom is 0.319 e. The van der Waals surface area contributed by atoms with Gasteiger partial charge in [0.25, 0.3) is 0 Å². The van der Waals surface area contributed by atoms with Crippen LogP contribution in [0.4, 0.5) is 10.5 Å². The van der Waals surface area contributed by atoms with E-state index in [9.17, 15) is 9.90 Å². The molecule has 0 aliphatic carbocycles. The number of carbonyl (C=O) groups excluding carboxylic acids is 1. The summed E-state index contributed by atoms with van der Waals surface area (Å²) in [5.41, 5.74) is 0.478. The Morgan fingerprint density at radius 2 is 1.90 bits per heavy atom. The van der Waals surface area contributed by atoms with Crippen LogP contribution in [0.1, 0.15) is 20.3 Å². The zero-order valence-electron chi connectivity index (χ0n) is 12.2. The van der Waals surface area contributed by atoms with Crippen molar-refractivity contribution in [2.75, 3.05) is 19.0 Å². The minimum atomic E-state index is -0.385. The fraction of sp³-hybridized carbons (Fsp3) is 0.500. The molecule has 1 aromatic rings. The zero-order valence-corrected chi connectivity index (χ0v) is 13.8. The molecule has 0 fully saturated rings. The minimum absolute atomic E-state index is 0.179. The monoisotopic (exact) mass is 334 g/mol. The normalized spacial score (nSPS) is 13.4. The number of nitrogens with one attached hydrogen (secondary N) is 2. The van der Waals surface area contributed by atoms with Crippen molar-refractivity contribution in [1.29, 1.82) is 0 Å². The highest BCUT2D eigenvalue weighted by Crippen LogP contribution is 2.35. The third kappa shape index (κ3) is 5.99. The molecule has 21 heavy (non-hydrogen) atoms. The quantitative estimate of drug-likeness (QED) is 0.745. The van der Waals surface area contributed by atoms with Crippen molar-refractivity contribution < 1.29 is 14.6 Å². The molecular weight excluding hydrogens is 315 g/mol. The second-order valence-corrected chi connectivity index (χ2v) is 5.81. The SMILES string of the molecule is COc1c(Cl)cc(NC(=O)NC[C@H](C)C[C@H](C)O)cc1Cl. The number of rotatable bonds is 6. The van der Waals surface area contributed by atoms with Crippen LogP contribution >= 0.6 is 23.2 Å². The van der Waals surface area contributed by atoms with Crippen LogP contribution in [-0.2, 0) is 0 Å². The highest BCUT2D eigenvalue weighted by molar-refractivity contribution is 6.37. The Morgan fingerprint density at radius 3 is 2.38 bits per heavy atom. The van der Waals surface area contributed by atoms with E-state index in [0.29, 0.717) is 34.4 Å². The van der Waals surface area contributed by atoms with Crippen LogP contribution in [-0.4, -0.2) is 30.9 Å². The number of hydrogen-bond acceptors (Lipinski definition) is 3. The van der Waals surface area contributed by atoms with Crippen molar-refractivity contribution in [3.63, 3.8) is 0 Å². The van der Waals surface area contributed by atoms with Gasteiger partial charge in [-0.1, -0.05) is 30.1 Å². The first-order valence-corrected chi connectivity index (χ1v) is 7.35. The summed E-state index contributed by atoms with van der Waals surface area (Å²) in [7, 11) is 1.47. The summed E-state index contributed by atoms with van der Waals surface area (Å²) in [4.78, 5) is 11.8. The Hall–Kier alpha value is -1.17. The summed E-state index contributed by atoms with van der Waals surface area (Å²) in [5, 5.41) is 15.3. The molecule has 2 atom stereocenters. The summed E-state index contributed by atoms with van der Waals surface area (Å²) < 4.78 is 5.04. The average molecular weight is 335 g/mol. The van der Waals surface area contributed by atoms with Crippen LogP contribution in [0.3, 0.4) is 0 Å². The van der Waals surface area contributed by atoms with Gasteiger partial charge >= 0.3 is 6.03 Å². The molecule has 0 radical (unpaired) electrons. The molecule has 0 unspecified atom stereocenters. The van der Waals surface area contributed by atoms with Gasteiger partial charge in [-0.2, -0.15) is 0 Å². The Bertz CT molecular complexity index is 472. The number of urea groups is 1. The van der Waals surface area contributed by atoms with Gasteiger partial charge in [-0.05, 0) is 31.4 Å². The molecular formula is C14H20Cl2N2O3. The predicted octanol–water partition coefficient (Wildman–Crippen LogP) is 3.53. The van der Waals surface area contributed by atoms with E-state index in [-0.39, 0.29) is 18.1 Å². The molecule has 0 aliphatic heterocycles. The lowest BCUT2D eigenvalue weighted by Gasteiger charge is -2.15. The second-order valence-electron chi connectivity index (χ2n) is 5.00. The lowest BCUT2D eigenvalue weighted by Crippen LogP contribution is -2.33. The number of anilines is 1. The molecule has 3 N–H and O–H groups in total. The Balaban J connectivity index is 2.55. The first-order valence-electron chi connectivity index (χ1n) is 6.59. The molecule has 7 heteroatoms. The number of amides is 2. The van der Waals surface area contributed by atoms with Crippen LogP contribution < -0.4 is 15.4 Å². The standard InChI is InChI=1S/C14H20Cl2N2O3/c1-8(4-9(2)19)7-17-14(20)18-10-5-11(15)13(21-3)12(16)6-10/h5-6,8-9,19H,4,7H2,1-3H3,(H2,17,18,20)/t8-,9+/m1/s1. The lowest BCUT2D eigenvalue weighted by molar-refractivity contribution is 0.163. The molecule has 2 amide bonds. The molecule has 0 bridgehead atoms. The molecule has 1 rings (SSSR count). The zero-order chi connectivity index (χ0) is 16.0. The second kappa shape index (κ2) is 8.32. The molecule has 0 aliphatic rings. The van der Waals surface area contributed by atoms with Gasteiger partial charge in [0, 0.05) is 12.2 Å². The van der Waals surface area contributed by atoms with E-state index >= 15 is 0 Å². The Morgan fingerprint density at radius 1 is 1.33 bits per heavy atom. The van der Waals surface area contributed by atoms with E-state index in [1.54, 1.807) is 19.1 Å². The van der Waals surface area contributed by atoms with Gasteiger partial charge in [0.2, 0.25) is 0 Å². The van der Waals surface area contributed by atoms with Gasteiger partial charge in [0.15, 0.2) is 5.75 Å². The van der Waals surface area contributed by atoms with Crippen LogP contribution in [0, 0.1) is 5.92 Å². The number of methoxy groups -OCH3 is 1. The van der Waals surface area contributed by atoms with E-state index in [1.807, 2.05) is 6.92 Å². The maximum atomic E-state index is 11.8. The number of halogens is 2. The summed E-state index contributed by atoms with van der Waals surface area (Å²) in [6.07, 6.45) is 0.240. The number of carbonyl (C=O) groups is 1. The van der Waals surface area contributed by atoms with Crippen molar-refractivity contribution in [3.05, 3.63) is 22.2 Å². The predicted molar refractivity (Wildman–Crippen MR) is 85.5 cm³/mol. The Labute approximate surface area is 134 Å². The summed E-state index contributed by atoms with van der Waals surface area (Å²) in [6.45, 7) is 4.14. The van der Waals surface area contributed by atoms with Crippen molar-refractivity contribution in [3.8, 4) is 5.75 Å². The summed E-state index contributed by atoms with van der Waals surface area (Å²) >= 11 is 12.0. The highest BCUT2D eigenvalue weighted by atomic mass is 35.5.